The molecule has 0 saturated carbocycles. The predicted molar refractivity (Wildman–Crippen MR) is 57.9 cm³/mol. The van der Waals surface area contributed by atoms with Gasteiger partial charge in [0.15, 0.2) is 0 Å². The molecule has 0 bridgehead atoms. The van der Waals surface area contributed by atoms with Crippen molar-refractivity contribution in [3.63, 3.8) is 0 Å². The quantitative estimate of drug-likeness (QED) is 0.560. The van der Waals surface area contributed by atoms with Gasteiger partial charge in [0.1, 0.15) is 0 Å². The molecule has 0 amide bonds. The van der Waals surface area contributed by atoms with E-state index in [9.17, 15) is 8.42 Å². The van der Waals surface area contributed by atoms with E-state index in [1.54, 1.807) is 0 Å². The van der Waals surface area contributed by atoms with Crippen molar-refractivity contribution in [1.82, 2.24) is 9.21 Å². The van der Waals surface area contributed by atoms with Gasteiger partial charge >= 0.3 is 0 Å². The molecule has 1 aliphatic heterocycles. The second-order valence-electron chi connectivity index (χ2n) is 3.19. The highest BCUT2D eigenvalue weighted by Crippen LogP contribution is 2.03. The molecule has 4 N–H and O–H groups in total. The molecule has 1 rings (SSSR count). The van der Waals surface area contributed by atoms with Gasteiger partial charge in [-0.3, -0.25) is 4.90 Å². The summed E-state index contributed by atoms with van der Waals surface area (Å²) in [5.74, 6) is 0. The lowest BCUT2D eigenvalue weighted by atomic mass is 10.3. The van der Waals surface area contributed by atoms with Crippen molar-refractivity contribution in [2.75, 3.05) is 32.7 Å². The van der Waals surface area contributed by atoms with E-state index in [-0.39, 0.29) is 0 Å². The fraction of sp³-hybridized carbons (Fsp3) is 0.833. The lowest BCUT2D eigenvalue weighted by molar-refractivity contribution is 0.210. The third kappa shape index (κ3) is 3.46. The Morgan fingerprint density at radius 1 is 1.29 bits per heavy atom. The van der Waals surface area contributed by atoms with Crippen LogP contribution in [0.1, 0.15) is 0 Å². The van der Waals surface area contributed by atoms with Gasteiger partial charge in [0.05, 0.1) is 4.99 Å². The van der Waals surface area contributed by atoms with E-state index in [4.69, 9.17) is 23.1 Å². The summed E-state index contributed by atoms with van der Waals surface area (Å²) in [4.78, 5) is 2.43. The van der Waals surface area contributed by atoms with Crippen LogP contribution in [-0.2, 0) is 10.2 Å². The molecule has 8 heteroatoms. The third-order valence-electron chi connectivity index (χ3n) is 2.07. The largest absolute Gasteiger partial charge is 0.392 e. The second-order valence-corrected chi connectivity index (χ2v) is 5.26. The molecular formula is C6H14N4O2S2. The zero-order valence-corrected chi connectivity index (χ0v) is 9.35. The van der Waals surface area contributed by atoms with E-state index in [0.717, 1.165) is 0 Å². The molecule has 0 spiro atoms. The minimum absolute atomic E-state index is 0.404. The topological polar surface area (TPSA) is 92.7 Å². The molecule has 6 nitrogen and oxygen atoms in total. The van der Waals surface area contributed by atoms with Gasteiger partial charge in [0.25, 0.3) is 10.2 Å². The molecule has 1 saturated heterocycles. The molecule has 82 valence electrons. The van der Waals surface area contributed by atoms with Gasteiger partial charge in [0.2, 0.25) is 0 Å². The maximum absolute atomic E-state index is 10.9. The molecule has 0 unspecified atom stereocenters. The molecule has 0 aliphatic carbocycles. The molecule has 14 heavy (non-hydrogen) atoms. The highest BCUT2D eigenvalue weighted by atomic mass is 32.2. The van der Waals surface area contributed by atoms with Crippen molar-refractivity contribution in [3.8, 4) is 0 Å². The smallest absolute Gasteiger partial charge is 0.276 e. The number of nitrogens with two attached hydrogens (primary N) is 2. The summed E-state index contributed by atoms with van der Waals surface area (Å²) in [7, 11) is -3.54. The van der Waals surface area contributed by atoms with Crippen molar-refractivity contribution in [3.05, 3.63) is 0 Å². The van der Waals surface area contributed by atoms with Gasteiger partial charge in [-0.05, 0) is 0 Å². The number of piperazine rings is 1. The van der Waals surface area contributed by atoms with E-state index in [1.165, 1.54) is 4.31 Å². The Labute approximate surface area is 89.0 Å². The Balaban J connectivity index is 2.43. The lowest BCUT2D eigenvalue weighted by Gasteiger charge is -2.32. The van der Waals surface area contributed by atoms with Crippen molar-refractivity contribution < 1.29 is 8.42 Å². The maximum atomic E-state index is 10.9. The minimum Gasteiger partial charge on any atom is -0.392 e. The van der Waals surface area contributed by atoms with Crippen LogP contribution in [0.2, 0.25) is 0 Å². The second kappa shape index (κ2) is 4.49. The summed E-state index contributed by atoms with van der Waals surface area (Å²) in [6, 6.07) is 0. The summed E-state index contributed by atoms with van der Waals surface area (Å²) in [5.41, 5.74) is 5.38. The van der Waals surface area contributed by atoms with Crippen LogP contribution in [0.5, 0.6) is 0 Å². The fourth-order valence-electron chi connectivity index (χ4n) is 1.36. The molecule has 0 atom stereocenters. The summed E-state index contributed by atoms with van der Waals surface area (Å²) >= 11 is 4.76. The van der Waals surface area contributed by atoms with Gasteiger partial charge < -0.3 is 5.73 Å². The molecule has 0 aromatic heterocycles. The van der Waals surface area contributed by atoms with Gasteiger partial charge in [-0.1, -0.05) is 12.2 Å². The number of hydrogen-bond donors (Lipinski definition) is 2. The van der Waals surface area contributed by atoms with Gasteiger partial charge in [-0.25, -0.2) is 5.14 Å². The van der Waals surface area contributed by atoms with E-state index < -0.39 is 10.2 Å². The lowest BCUT2D eigenvalue weighted by Crippen LogP contribution is -2.52. The Hall–Kier alpha value is -0.280. The average molecular weight is 238 g/mol. The summed E-state index contributed by atoms with van der Waals surface area (Å²) < 4.78 is 23.2. The van der Waals surface area contributed by atoms with E-state index in [1.807, 2.05) is 4.90 Å². The standard InChI is InChI=1S/C6H14N4O2S2/c7-6(13)5-9-1-3-10(4-2-9)14(8,11)12/h1-5H2,(H2,7,13)(H2,8,11,12). The zero-order chi connectivity index (χ0) is 10.8. The highest BCUT2D eigenvalue weighted by Gasteiger charge is 2.23. The first kappa shape index (κ1) is 11.8. The average Bonchev–Trinajstić information content (AvgIpc) is 2.02. The molecule has 0 aromatic carbocycles. The number of thiocarbonyl (C=S) groups is 1. The number of nitrogens with zero attached hydrogens (tertiary/aromatic N) is 2. The highest BCUT2D eigenvalue weighted by molar-refractivity contribution is 7.86. The van der Waals surface area contributed by atoms with Crippen molar-refractivity contribution in [2.45, 2.75) is 0 Å². The normalized spacial score (nSPS) is 20.9. The monoisotopic (exact) mass is 238 g/mol. The van der Waals surface area contributed by atoms with Crippen LogP contribution in [0.15, 0.2) is 0 Å². The molecular weight excluding hydrogens is 224 g/mol. The van der Waals surface area contributed by atoms with Gasteiger partial charge in [-0.2, -0.15) is 12.7 Å². The molecule has 0 radical (unpaired) electrons. The van der Waals surface area contributed by atoms with Gasteiger partial charge in [0, 0.05) is 32.7 Å². The first-order valence-electron chi connectivity index (χ1n) is 4.18. The van der Waals surface area contributed by atoms with E-state index in [2.05, 4.69) is 0 Å². The molecule has 1 fully saturated rings. The van der Waals surface area contributed by atoms with Crippen LogP contribution in [-0.4, -0.2) is 55.3 Å². The predicted octanol–water partition coefficient (Wildman–Crippen LogP) is -1.91. The first-order valence-corrected chi connectivity index (χ1v) is 6.09. The van der Waals surface area contributed by atoms with Crippen LogP contribution in [0.25, 0.3) is 0 Å². The van der Waals surface area contributed by atoms with Crippen molar-refractivity contribution in [2.24, 2.45) is 10.9 Å². The summed E-state index contributed by atoms with van der Waals surface area (Å²) in [6.45, 7) is 2.58. The fourth-order valence-corrected chi connectivity index (χ4v) is 2.22. The first-order chi connectivity index (χ1) is 6.39. The van der Waals surface area contributed by atoms with Crippen molar-refractivity contribution in [1.29, 1.82) is 0 Å². The Morgan fingerprint density at radius 2 is 1.79 bits per heavy atom. The molecule has 1 heterocycles. The summed E-state index contributed by atoms with van der Waals surface area (Å²) in [5, 5.41) is 4.99. The maximum Gasteiger partial charge on any atom is 0.276 e. The van der Waals surface area contributed by atoms with Crippen LogP contribution in [0.3, 0.4) is 0 Å². The number of rotatable bonds is 3. The third-order valence-corrected chi connectivity index (χ3v) is 3.28. The van der Waals surface area contributed by atoms with Crippen LogP contribution >= 0.6 is 12.2 Å². The molecule has 1 aliphatic rings. The van der Waals surface area contributed by atoms with Crippen LogP contribution in [0.4, 0.5) is 0 Å². The summed E-state index contributed by atoms with van der Waals surface area (Å²) in [6.07, 6.45) is 0. The Bertz CT molecular complexity index is 308. The Kier molecular flexibility index (Phi) is 3.78. The number of hydrogen-bond acceptors (Lipinski definition) is 4. The van der Waals surface area contributed by atoms with Crippen LogP contribution in [0, 0.1) is 0 Å². The van der Waals surface area contributed by atoms with E-state index >= 15 is 0 Å². The SMILES string of the molecule is NC(=S)CN1CCN(S(N)(=O)=O)CC1. The zero-order valence-electron chi connectivity index (χ0n) is 7.72. The van der Waals surface area contributed by atoms with Crippen LogP contribution < -0.4 is 10.9 Å². The molecule has 0 aromatic rings. The van der Waals surface area contributed by atoms with E-state index in [0.29, 0.717) is 37.7 Å². The Morgan fingerprint density at radius 3 is 2.14 bits per heavy atom. The minimum atomic E-state index is -3.54. The van der Waals surface area contributed by atoms with Gasteiger partial charge in [-0.15, -0.1) is 0 Å². The van der Waals surface area contributed by atoms with Crippen molar-refractivity contribution >= 4 is 27.4 Å².